The van der Waals surface area contributed by atoms with Gasteiger partial charge in [-0.1, -0.05) is 48.5 Å². The number of fused-ring (bicyclic) bond motifs is 2. The number of nitrogens with zero attached hydrogens (tertiary/aromatic N) is 1. The molecule has 1 fully saturated rings. The molecule has 5 rings (SSSR count). The smallest absolute Gasteiger partial charge is 0.238 e. The van der Waals surface area contributed by atoms with Crippen molar-refractivity contribution in [2.24, 2.45) is 0 Å². The zero-order valence-electron chi connectivity index (χ0n) is 18.3. The van der Waals surface area contributed by atoms with Crippen LogP contribution in [0.4, 0.5) is 5.69 Å². The normalized spacial score (nSPS) is 14.6. The van der Waals surface area contributed by atoms with Gasteiger partial charge in [0.15, 0.2) is 11.6 Å². The summed E-state index contributed by atoms with van der Waals surface area (Å²) in [6, 6.07) is 20.0. The number of ether oxygens (including phenoxy) is 1. The molecule has 0 spiro atoms. The molecule has 0 radical (unpaired) electrons. The van der Waals surface area contributed by atoms with E-state index in [4.69, 9.17) is 4.74 Å². The molecule has 1 amide bonds. The summed E-state index contributed by atoms with van der Waals surface area (Å²) in [5.74, 6) is 0.149. The molecule has 3 aromatic carbocycles. The predicted molar refractivity (Wildman–Crippen MR) is 125 cm³/mol. The van der Waals surface area contributed by atoms with Gasteiger partial charge in [-0.3, -0.25) is 19.3 Å². The number of benzene rings is 3. The molecule has 0 heterocycles. The number of hydrogen-bond acceptors (Lipinski definition) is 5. The van der Waals surface area contributed by atoms with E-state index in [1.165, 1.54) is 0 Å². The average Bonchev–Trinajstić information content (AvgIpc) is 3.68. The topological polar surface area (TPSA) is 75.7 Å². The fraction of sp³-hybridized carbons (Fsp3) is 0.222. The monoisotopic (exact) mass is 440 g/mol. The van der Waals surface area contributed by atoms with Gasteiger partial charge in [-0.05, 0) is 36.6 Å². The molecule has 0 bridgehead atoms. The molecule has 6 heteroatoms. The van der Waals surface area contributed by atoms with Gasteiger partial charge >= 0.3 is 0 Å². The van der Waals surface area contributed by atoms with Gasteiger partial charge in [0.1, 0.15) is 5.75 Å². The number of hydrogen-bond donors (Lipinski definition) is 1. The van der Waals surface area contributed by atoms with Crippen molar-refractivity contribution in [2.75, 3.05) is 19.0 Å². The summed E-state index contributed by atoms with van der Waals surface area (Å²) in [4.78, 5) is 41.2. The Morgan fingerprint density at radius 2 is 1.58 bits per heavy atom. The van der Waals surface area contributed by atoms with Crippen molar-refractivity contribution in [3.63, 3.8) is 0 Å². The average molecular weight is 440 g/mol. The van der Waals surface area contributed by atoms with E-state index in [0.29, 0.717) is 35.0 Å². The van der Waals surface area contributed by atoms with Crippen LogP contribution < -0.4 is 10.1 Å². The second kappa shape index (κ2) is 8.64. The van der Waals surface area contributed by atoms with Crippen molar-refractivity contribution in [3.05, 3.63) is 94.5 Å². The van der Waals surface area contributed by atoms with Crippen molar-refractivity contribution < 1.29 is 19.1 Å². The number of nitrogens with one attached hydrogen (secondary N) is 1. The largest absolute Gasteiger partial charge is 0.497 e. The molecule has 0 aromatic heterocycles. The number of ketones is 2. The van der Waals surface area contributed by atoms with Crippen molar-refractivity contribution in [3.8, 4) is 5.75 Å². The number of amides is 1. The SMILES string of the molecule is COc1ccc(CN(CC(=O)Nc2cccc3c2C(=O)c2ccccc2C3=O)C2CC2)cc1. The lowest BCUT2D eigenvalue weighted by atomic mass is 9.83. The molecule has 2 aliphatic rings. The first-order valence-corrected chi connectivity index (χ1v) is 11.0. The zero-order chi connectivity index (χ0) is 22.9. The van der Waals surface area contributed by atoms with Crippen LogP contribution in [0.2, 0.25) is 0 Å². The maximum absolute atomic E-state index is 13.2. The lowest BCUT2D eigenvalue weighted by molar-refractivity contribution is -0.117. The van der Waals surface area contributed by atoms with Crippen LogP contribution in [0.1, 0.15) is 50.2 Å². The van der Waals surface area contributed by atoms with E-state index in [0.717, 1.165) is 24.2 Å². The van der Waals surface area contributed by atoms with Gasteiger partial charge < -0.3 is 10.1 Å². The Morgan fingerprint density at radius 1 is 0.909 bits per heavy atom. The number of methoxy groups -OCH3 is 1. The summed E-state index contributed by atoms with van der Waals surface area (Å²) in [6.45, 7) is 0.860. The van der Waals surface area contributed by atoms with Gasteiger partial charge in [0, 0.05) is 29.3 Å². The van der Waals surface area contributed by atoms with Gasteiger partial charge in [-0.25, -0.2) is 0 Å². The zero-order valence-corrected chi connectivity index (χ0v) is 18.3. The highest BCUT2D eigenvalue weighted by Crippen LogP contribution is 2.32. The van der Waals surface area contributed by atoms with E-state index >= 15 is 0 Å². The van der Waals surface area contributed by atoms with Crippen LogP contribution >= 0.6 is 0 Å². The highest BCUT2D eigenvalue weighted by molar-refractivity contribution is 6.30. The molecule has 3 aromatic rings. The van der Waals surface area contributed by atoms with Crippen LogP contribution in [-0.4, -0.2) is 42.1 Å². The molecule has 33 heavy (non-hydrogen) atoms. The van der Waals surface area contributed by atoms with Crippen LogP contribution in [0.15, 0.2) is 66.7 Å². The lowest BCUT2D eigenvalue weighted by Crippen LogP contribution is -2.35. The van der Waals surface area contributed by atoms with Crippen LogP contribution in [0, 0.1) is 0 Å². The summed E-state index contributed by atoms with van der Waals surface area (Å²) in [7, 11) is 1.63. The first-order valence-electron chi connectivity index (χ1n) is 11.0. The van der Waals surface area contributed by atoms with Crippen LogP contribution in [-0.2, 0) is 11.3 Å². The fourth-order valence-corrected chi connectivity index (χ4v) is 4.34. The van der Waals surface area contributed by atoms with Crippen molar-refractivity contribution in [1.82, 2.24) is 4.90 Å². The van der Waals surface area contributed by atoms with E-state index < -0.39 is 0 Å². The van der Waals surface area contributed by atoms with Crippen LogP contribution in [0.5, 0.6) is 5.75 Å². The Labute approximate surface area is 192 Å². The van der Waals surface area contributed by atoms with Crippen molar-refractivity contribution in [2.45, 2.75) is 25.4 Å². The minimum atomic E-state index is -0.242. The number of carbonyl (C=O) groups excluding carboxylic acids is 3. The number of rotatable bonds is 7. The van der Waals surface area contributed by atoms with Crippen LogP contribution in [0.25, 0.3) is 0 Å². The Kier molecular flexibility index (Phi) is 5.52. The molecule has 166 valence electrons. The molecular formula is C27H24N2O4. The first kappa shape index (κ1) is 21.1. The second-order valence-corrected chi connectivity index (χ2v) is 8.46. The quantitative estimate of drug-likeness (QED) is 0.469. The molecule has 1 N–H and O–H groups in total. The Bertz CT molecular complexity index is 1250. The third-order valence-electron chi connectivity index (χ3n) is 6.18. The minimum absolute atomic E-state index is 0.199. The molecule has 0 atom stereocenters. The maximum Gasteiger partial charge on any atom is 0.238 e. The third kappa shape index (κ3) is 4.17. The maximum atomic E-state index is 13.2. The van der Waals surface area contributed by atoms with E-state index in [1.807, 2.05) is 24.3 Å². The van der Waals surface area contributed by atoms with E-state index in [1.54, 1.807) is 49.6 Å². The van der Waals surface area contributed by atoms with E-state index in [9.17, 15) is 14.4 Å². The molecule has 0 unspecified atom stereocenters. The summed E-state index contributed by atoms with van der Waals surface area (Å²) in [6.07, 6.45) is 2.13. The fourth-order valence-electron chi connectivity index (χ4n) is 4.34. The highest BCUT2D eigenvalue weighted by Gasteiger charge is 2.33. The second-order valence-electron chi connectivity index (χ2n) is 8.46. The van der Waals surface area contributed by atoms with Crippen LogP contribution in [0.3, 0.4) is 0 Å². The van der Waals surface area contributed by atoms with E-state index in [-0.39, 0.29) is 29.6 Å². The van der Waals surface area contributed by atoms with Gasteiger partial charge in [0.05, 0.1) is 24.9 Å². The van der Waals surface area contributed by atoms with Crippen molar-refractivity contribution in [1.29, 1.82) is 0 Å². The highest BCUT2D eigenvalue weighted by atomic mass is 16.5. The molecule has 0 saturated heterocycles. The summed E-state index contributed by atoms with van der Waals surface area (Å²) in [5.41, 5.74) is 2.85. The number of carbonyl (C=O) groups is 3. The Balaban J connectivity index is 1.34. The van der Waals surface area contributed by atoms with Gasteiger partial charge in [0.25, 0.3) is 0 Å². The first-order chi connectivity index (χ1) is 16.0. The molecule has 1 saturated carbocycles. The minimum Gasteiger partial charge on any atom is -0.497 e. The van der Waals surface area contributed by atoms with Gasteiger partial charge in [0.2, 0.25) is 5.91 Å². The third-order valence-corrected chi connectivity index (χ3v) is 6.18. The van der Waals surface area contributed by atoms with Gasteiger partial charge in [-0.15, -0.1) is 0 Å². The summed E-state index contributed by atoms with van der Waals surface area (Å²) in [5, 5.41) is 2.90. The van der Waals surface area contributed by atoms with E-state index in [2.05, 4.69) is 10.2 Å². The lowest BCUT2D eigenvalue weighted by Gasteiger charge is -2.23. The summed E-state index contributed by atoms with van der Waals surface area (Å²) >= 11 is 0. The Hall–Kier alpha value is -3.77. The van der Waals surface area contributed by atoms with Gasteiger partial charge in [-0.2, -0.15) is 0 Å². The van der Waals surface area contributed by atoms with Crippen molar-refractivity contribution >= 4 is 23.2 Å². The molecule has 2 aliphatic carbocycles. The molecule has 0 aliphatic heterocycles. The number of anilines is 1. The molecular weight excluding hydrogens is 416 g/mol. The Morgan fingerprint density at radius 3 is 2.24 bits per heavy atom. The molecule has 6 nitrogen and oxygen atoms in total. The predicted octanol–water partition coefficient (Wildman–Crippen LogP) is 4.07. The summed E-state index contributed by atoms with van der Waals surface area (Å²) < 4.78 is 5.22. The standard InChI is InChI=1S/C27H24N2O4/c1-33-19-13-9-17(10-14-19)15-29(18-11-12-18)16-24(30)28-23-8-4-7-22-25(23)27(32)21-6-3-2-5-20(21)26(22)31/h2-10,13-14,18H,11-12,15-16H2,1H3,(H,28,30).